The molecule has 0 saturated carbocycles. The lowest BCUT2D eigenvalue weighted by molar-refractivity contribution is -0.119. The molecule has 0 radical (unpaired) electrons. The normalized spacial score (nSPS) is 14.1. The van der Waals surface area contributed by atoms with Crippen LogP contribution >= 0.6 is 0 Å². The van der Waals surface area contributed by atoms with E-state index in [9.17, 15) is 9.59 Å². The first-order valence-electron chi connectivity index (χ1n) is 8.33. The number of anilines is 2. The highest BCUT2D eigenvalue weighted by Gasteiger charge is 2.22. The third-order valence-electron chi connectivity index (χ3n) is 4.24. The van der Waals surface area contributed by atoms with Crippen LogP contribution in [0.2, 0.25) is 0 Å². The number of aromatic nitrogens is 2. The molecule has 0 atom stereocenters. The van der Waals surface area contributed by atoms with E-state index in [1.54, 1.807) is 16.9 Å². The number of nitrogens with zero attached hydrogens (tertiary/aromatic N) is 4. The largest absolute Gasteiger partial charge is 0.495 e. The van der Waals surface area contributed by atoms with Gasteiger partial charge in [-0.25, -0.2) is 9.97 Å². The smallest absolute Gasteiger partial charge is 0.274 e. The molecule has 0 bridgehead atoms. The summed E-state index contributed by atoms with van der Waals surface area (Å²) >= 11 is 0. The Balaban J connectivity index is 1.68. The maximum atomic E-state index is 12.5. The number of benzene rings is 1. The first-order chi connectivity index (χ1) is 12.6. The van der Waals surface area contributed by atoms with Gasteiger partial charge in [-0.05, 0) is 24.6 Å². The number of ether oxygens (including phenoxy) is 1. The van der Waals surface area contributed by atoms with Gasteiger partial charge in [-0.2, -0.15) is 0 Å². The van der Waals surface area contributed by atoms with Gasteiger partial charge >= 0.3 is 0 Å². The lowest BCUT2D eigenvalue weighted by atomic mass is 10.2. The molecule has 1 aliphatic rings. The number of carbonyl (C=O) groups is 2. The van der Waals surface area contributed by atoms with Crippen LogP contribution in [-0.2, 0) is 4.79 Å². The van der Waals surface area contributed by atoms with Gasteiger partial charge < -0.3 is 19.9 Å². The van der Waals surface area contributed by atoms with E-state index >= 15 is 0 Å². The maximum Gasteiger partial charge on any atom is 0.274 e. The number of methoxy groups -OCH3 is 1. The molecule has 136 valence electrons. The van der Waals surface area contributed by atoms with Crippen LogP contribution < -0.4 is 10.1 Å². The molecule has 1 saturated heterocycles. The van der Waals surface area contributed by atoms with E-state index < -0.39 is 0 Å². The van der Waals surface area contributed by atoms with Crippen molar-refractivity contribution < 1.29 is 14.3 Å². The van der Waals surface area contributed by atoms with Crippen LogP contribution in [0.4, 0.5) is 11.5 Å². The van der Waals surface area contributed by atoms with Crippen LogP contribution in [0.15, 0.2) is 30.6 Å². The molecule has 3 rings (SSSR count). The Kier molecular flexibility index (Phi) is 5.31. The molecule has 8 nitrogen and oxygen atoms in total. The summed E-state index contributed by atoms with van der Waals surface area (Å²) in [5.74, 6) is 1.05. The Bertz CT molecular complexity index is 786. The Morgan fingerprint density at radius 1 is 1.19 bits per heavy atom. The number of rotatable bonds is 5. The van der Waals surface area contributed by atoms with E-state index in [0.717, 1.165) is 17.7 Å². The second-order valence-corrected chi connectivity index (χ2v) is 6.05. The summed E-state index contributed by atoms with van der Waals surface area (Å²) in [5.41, 5.74) is 2.15. The maximum absolute atomic E-state index is 12.5. The van der Waals surface area contributed by atoms with Gasteiger partial charge in [-0.15, -0.1) is 0 Å². The van der Waals surface area contributed by atoms with Crippen molar-refractivity contribution in [3.8, 4) is 5.75 Å². The van der Waals surface area contributed by atoms with Crippen LogP contribution in [0.3, 0.4) is 0 Å². The third kappa shape index (κ3) is 3.90. The lowest BCUT2D eigenvalue weighted by Gasteiger charge is -2.32. The fourth-order valence-electron chi connectivity index (χ4n) is 2.75. The third-order valence-corrected chi connectivity index (χ3v) is 4.24. The second-order valence-electron chi connectivity index (χ2n) is 6.05. The molecule has 0 spiro atoms. The van der Waals surface area contributed by atoms with Gasteiger partial charge in [0, 0.05) is 26.2 Å². The monoisotopic (exact) mass is 355 g/mol. The SMILES string of the molecule is COc1ccc(C)cc1Nc1cnc(C(=O)N2CCN(C=O)CC2)cn1. The molecule has 2 heterocycles. The summed E-state index contributed by atoms with van der Waals surface area (Å²) < 4.78 is 5.33. The number of piperazine rings is 1. The van der Waals surface area contributed by atoms with Crippen LogP contribution in [0.5, 0.6) is 5.75 Å². The minimum Gasteiger partial charge on any atom is -0.495 e. The van der Waals surface area contributed by atoms with Crippen LogP contribution in [0.25, 0.3) is 0 Å². The number of carbonyl (C=O) groups excluding carboxylic acids is 2. The first-order valence-corrected chi connectivity index (χ1v) is 8.33. The molecule has 1 N–H and O–H groups in total. The Hall–Kier alpha value is -3.16. The number of hydrogen-bond acceptors (Lipinski definition) is 6. The zero-order valence-corrected chi connectivity index (χ0v) is 14.8. The minimum absolute atomic E-state index is 0.178. The van der Waals surface area contributed by atoms with E-state index in [-0.39, 0.29) is 11.6 Å². The van der Waals surface area contributed by atoms with Gasteiger partial charge in [0.15, 0.2) is 0 Å². The number of hydrogen-bond donors (Lipinski definition) is 1. The number of nitrogens with one attached hydrogen (secondary N) is 1. The predicted octanol–water partition coefficient (Wildman–Crippen LogP) is 1.45. The molecular weight excluding hydrogens is 334 g/mol. The van der Waals surface area contributed by atoms with E-state index in [2.05, 4.69) is 15.3 Å². The predicted molar refractivity (Wildman–Crippen MR) is 96.6 cm³/mol. The van der Waals surface area contributed by atoms with Crippen molar-refractivity contribution in [1.29, 1.82) is 0 Å². The Labute approximate surface area is 151 Å². The highest BCUT2D eigenvalue weighted by molar-refractivity contribution is 5.92. The Morgan fingerprint density at radius 2 is 1.96 bits per heavy atom. The van der Waals surface area contributed by atoms with E-state index in [1.165, 1.54) is 12.4 Å². The van der Waals surface area contributed by atoms with E-state index in [4.69, 9.17) is 4.74 Å². The molecule has 0 unspecified atom stereocenters. The average molecular weight is 355 g/mol. The zero-order chi connectivity index (χ0) is 18.5. The minimum atomic E-state index is -0.178. The van der Waals surface area contributed by atoms with Gasteiger partial charge in [0.05, 0.1) is 25.2 Å². The number of aryl methyl sites for hydroxylation is 1. The van der Waals surface area contributed by atoms with E-state index in [0.29, 0.717) is 37.7 Å². The fourth-order valence-corrected chi connectivity index (χ4v) is 2.75. The standard InChI is InChI=1S/C18H21N5O3/c1-13-3-4-16(26-2)14(9-13)21-17-11-19-15(10-20-17)18(25)23-7-5-22(12-24)6-8-23/h3-4,9-12H,5-8H2,1-2H3,(H,20,21). The van der Waals surface area contributed by atoms with Gasteiger partial charge in [0.1, 0.15) is 17.3 Å². The topological polar surface area (TPSA) is 87.7 Å². The number of amides is 2. The molecule has 1 aliphatic heterocycles. The van der Waals surface area contributed by atoms with Gasteiger partial charge in [-0.1, -0.05) is 6.07 Å². The van der Waals surface area contributed by atoms with Crippen molar-refractivity contribution in [2.75, 3.05) is 38.6 Å². The highest BCUT2D eigenvalue weighted by Crippen LogP contribution is 2.27. The highest BCUT2D eigenvalue weighted by atomic mass is 16.5. The van der Waals surface area contributed by atoms with Crippen molar-refractivity contribution in [2.24, 2.45) is 0 Å². The summed E-state index contributed by atoms with van der Waals surface area (Å²) in [7, 11) is 1.60. The molecule has 1 fully saturated rings. The van der Waals surface area contributed by atoms with Crippen LogP contribution in [-0.4, -0.2) is 65.4 Å². The van der Waals surface area contributed by atoms with E-state index in [1.807, 2.05) is 25.1 Å². The fraction of sp³-hybridized carbons (Fsp3) is 0.333. The summed E-state index contributed by atoms with van der Waals surface area (Å²) in [5, 5.41) is 3.15. The molecule has 1 aromatic heterocycles. The molecule has 1 aromatic carbocycles. The van der Waals surface area contributed by atoms with Crippen molar-refractivity contribution in [3.63, 3.8) is 0 Å². The van der Waals surface area contributed by atoms with Gasteiger partial charge in [0.25, 0.3) is 5.91 Å². The Morgan fingerprint density at radius 3 is 2.58 bits per heavy atom. The van der Waals surface area contributed by atoms with Crippen LogP contribution in [0, 0.1) is 6.92 Å². The van der Waals surface area contributed by atoms with Crippen molar-refractivity contribution >= 4 is 23.8 Å². The molecule has 2 amide bonds. The van der Waals surface area contributed by atoms with Crippen molar-refractivity contribution in [3.05, 3.63) is 41.9 Å². The first kappa shape index (κ1) is 17.7. The molecule has 2 aromatic rings. The second kappa shape index (κ2) is 7.81. The van der Waals surface area contributed by atoms with Crippen molar-refractivity contribution in [2.45, 2.75) is 6.92 Å². The molecule has 8 heteroatoms. The molecule has 26 heavy (non-hydrogen) atoms. The zero-order valence-electron chi connectivity index (χ0n) is 14.8. The molecule has 0 aliphatic carbocycles. The van der Waals surface area contributed by atoms with Crippen LogP contribution in [0.1, 0.15) is 16.1 Å². The van der Waals surface area contributed by atoms with Gasteiger partial charge in [-0.3, -0.25) is 9.59 Å². The summed E-state index contributed by atoms with van der Waals surface area (Å²) in [6.45, 7) is 4.06. The molecular formula is C18H21N5O3. The van der Waals surface area contributed by atoms with Crippen molar-refractivity contribution in [1.82, 2.24) is 19.8 Å². The lowest BCUT2D eigenvalue weighted by Crippen LogP contribution is -2.48. The quantitative estimate of drug-likeness (QED) is 0.817. The van der Waals surface area contributed by atoms with Gasteiger partial charge in [0.2, 0.25) is 6.41 Å². The average Bonchev–Trinajstić information content (AvgIpc) is 2.68. The summed E-state index contributed by atoms with van der Waals surface area (Å²) in [6, 6.07) is 5.79. The summed E-state index contributed by atoms with van der Waals surface area (Å²) in [4.78, 5) is 35.1. The summed E-state index contributed by atoms with van der Waals surface area (Å²) in [6.07, 6.45) is 3.79.